The molecule has 0 radical (unpaired) electrons. The van der Waals surface area contributed by atoms with Crippen molar-refractivity contribution in [2.24, 2.45) is 5.73 Å². The molecule has 2 aromatic rings. The summed E-state index contributed by atoms with van der Waals surface area (Å²) in [7, 11) is 0. The van der Waals surface area contributed by atoms with Gasteiger partial charge in [0, 0.05) is 0 Å². The number of ether oxygens (including phenoxy) is 1. The van der Waals surface area contributed by atoms with Gasteiger partial charge in [0.15, 0.2) is 0 Å². The van der Waals surface area contributed by atoms with Gasteiger partial charge in [0.05, 0.1) is 22.7 Å². The van der Waals surface area contributed by atoms with E-state index in [1.165, 1.54) is 10.9 Å². The van der Waals surface area contributed by atoms with Gasteiger partial charge >= 0.3 is 5.97 Å². The number of esters is 1. The molecule has 0 aliphatic heterocycles. The number of nitrogens with zero attached hydrogens (tertiary/aromatic N) is 2. The van der Waals surface area contributed by atoms with Crippen molar-refractivity contribution in [1.82, 2.24) is 9.55 Å². The molecular formula is C15H19N3O4S. The maximum Gasteiger partial charge on any atom is 0.329 e. The molecule has 0 saturated carbocycles. The van der Waals surface area contributed by atoms with Crippen LogP contribution in [0.25, 0.3) is 10.2 Å². The average molecular weight is 337 g/mol. The van der Waals surface area contributed by atoms with Gasteiger partial charge in [0.25, 0.3) is 11.5 Å². The summed E-state index contributed by atoms with van der Waals surface area (Å²) in [4.78, 5) is 41.1. The zero-order valence-electron chi connectivity index (χ0n) is 13.5. The van der Waals surface area contributed by atoms with Crippen LogP contribution in [0.15, 0.2) is 11.1 Å². The number of aromatic nitrogens is 2. The summed E-state index contributed by atoms with van der Waals surface area (Å²) in [6.07, 6.45) is 1.77. The van der Waals surface area contributed by atoms with E-state index in [1.807, 2.05) is 6.92 Å². The third-order valence-corrected chi connectivity index (χ3v) is 4.96. The smallest absolute Gasteiger partial charge is 0.329 e. The Balaban J connectivity index is 2.49. The summed E-state index contributed by atoms with van der Waals surface area (Å²) in [6, 6.07) is -0.801. The Labute approximate surface area is 137 Å². The molecule has 2 rings (SSSR count). The fourth-order valence-corrected chi connectivity index (χ4v) is 3.13. The molecule has 2 heterocycles. The molecule has 0 aromatic carbocycles. The molecule has 0 spiro atoms. The van der Waals surface area contributed by atoms with E-state index in [-0.39, 0.29) is 11.7 Å². The van der Waals surface area contributed by atoms with Gasteiger partial charge in [-0.05, 0) is 32.8 Å². The molecule has 0 unspecified atom stereocenters. The van der Waals surface area contributed by atoms with E-state index >= 15 is 0 Å². The molecule has 23 heavy (non-hydrogen) atoms. The molecule has 0 saturated heterocycles. The summed E-state index contributed by atoms with van der Waals surface area (Å²) < 4.78 is 6.48. The van der Waals surface area contributed by atoms with Crippen LogP contribution in [0, 0.1) is 6.92 Å². The largest absolute Gasteiger partial charge is 0.461 e. The molecular weight excluding hydrogens is 318 g/mol. The van der Waals surface area contributed by atoms with Crippen molar-refractivity contribution in [3.05, 3.63) is 27.1 Å². The summed E-state index contributed by atoms with van der Waals surface area (Å²) in [5.41, 5.74) is 5.41. The van der Waals surface area contributed by atoms with Gasteiger partial charge in [0.1, 0.15) is 10.9 Å². The van der Waals surface area contributed by atoms with Gasteiger partial charge in [-0.15, -0.1) is 11.3 Å². The lowest BCUT2D eigenvalue weighted by Gasteiger charge is -2.17. The second kappa shape index (κ2) is 6.49. The first-order valence-corrected chi connectivity index (χ1v) is 8.10. The zero-order valence-corrected chi connectivity index (χ0v) is 14.3. The van der Waals surface area contributed by atoms with E-state index < -0.39 is 17.9 Å². The highest BCUT2D eigenvalue weighted by molar-refractivity contribution is 7.20. The average Bonchev–Trinajstić information content (AvgIpc) is 2.84. The number of hydrogen-bond acceptors (Lipinski definition) is 6. The Hall–Kier alpha value is -2.22. The number of thiophene rings is 1. The number of nitrogens with two attached hydrogens (primary N) is 1. The van der Waals surface area contributed by atoms with Crippen LogP contribution in [0.3, 0.4) is 0 Å². The molecule has 0 aliphatic carbocycles. The fourth-order valence-electron chi connectivity index (χ4n) is 2.14. The van der Waals surface area contributed by atoms with Gasteiger partial charge in [-0.25, -0.2) is 9.78 Å². The number of fused-ring (bicyclic) bond motifs is 1. The molecule has 2 aromatic heterocycles. The lowest BCUT2D eigenvalue weighted by molar-refractivity contribution is -0.152. The molecule has 0 aliphatic rings. The monoisotopic (exact) mass is 337 g/mol. The van der Waals surface area contributed by atoms with Crippen molar-refractivity contribution in [2.75, 3.05) is 0 Å². The Morgan fingerprint density at radius 1 is 1.43 bits per heavy atom. The van der Waals surface area contributed by atoms with Gasteiger partial charge in [-0.3, -0.25) is 14.2 Å². The topological polar surface area (TPSA) is 104 Å². The minimum Gasteiger partial charge on any atom is -0.461 e. The lowest BCUT2D eigenvalue weighted by Crippen LogP contribution is -2.31. The molecule has 124 valence electrons. The predicted molar refractivity (Wildman–Crippen MR) is 87.7 cm³/mol. The zero-order chi connectivity index (χ0) is 17.3. The van der Waals surface area contributed by atoms with Crippen LogP contribution in [-0.4, -0.2) is 27.5 Å². The van der Waals surface area contributed by atoms with Crippen molar-refractivity contribution < 1.29 is 14.3 Å². The summed E-state index contributed by atoms with van der Waals surface area (Å²) in [6.45, 7) is 6.92. The number of carbonyl (C=O) groups excluding carboxylic acids is 2. The van der Waals surface area contributed by atoms with E-state index in [9.17, 15) is 14.4 Å². The second-order valence-corrected chi connectivity index (χ2v) is 6.39. The summed E-state index contributed by atoms with van der Waals surface area (Å²) in [5.74, 6) is -1.09. The number of carbonyl (C=O) groups is 2. The third-order valence-electron chi connectivity index (χ3n) is 3.75. The Kier molecular flexibility index (Phi) is 4.84. The Morgan fingerprint density at radius 3 is 2.65 bits per heavy atom. The molecule has 1 amide bonds. The van der Waals surface area contributed by atoms with Crippen molar-refractivity contribution in [1.29, 1.82) is 0 Å². The molecule has 0 fully saturated rings. The van der Waals surface area contributed by atoms with Gasteiger partial charge in [-0.1, -0.05) is 6.92 Å². The van der Waals surface area contributed by atoms with Gasteiger partial charge in [-0.2, -0.15) is 0 Å². The second-order valence-electron chi connectivity index (χ2n) is 5.39. The Bertz CT molecular complexity index is 824. The molecule has 2 N–H and O–H groups in total. The maximum absolute atomic E-state index is 12.7. The number of hydrogen-bond donors (Lipinski definition) is 1. The van der Waals surface area contributed by atoms with Crippen LogP contribution in [0.4, 0.5) is 0 Å². The van der Waals surface area contributed by atoms with E-state index in [1.54, 1.807) is 20.8 Å². The predicted octanol–water partition coefficient (Wildman–Crippen LogP) is 1.77. The van der Waals surface area contributed by atoms with Crippen LogP contribution < -0.4 is 11.3 Å². The molecule has 7 nitrogen and oxygen atoms in total. The number of rotatable bonds is 5. The van der Waals surface area contributed by atoms with E-state index in [2.05, 4.69) is 4.98 Å². The normalized spacial score (nSPS) is 13.7. The van der Waals surface area contributed by atoms with Gasteiger partial charge in [0.2, 0.25) is 0 Å². The first kappa shape index (κ1) is 17.1. The minimum atomic E-state index is -0.801. The van der Waals surface area contributed by atoms with E-state index in [0.717, 1.165) is 11.3 Å². The minimum absolute atomic E-state index is 0.221. The summed E-state index contributed by atoms with van der Waals surface area (Å²) in [5, 5.41) is 0.314. The van der Waals surface area contributed by atoms with Crippen molar-refractivity contribution >= 4 is 33.4 Å². The number of primary amides is 1. The van der Waals surface area contributed by atoms with E-state index in [0.29, 0.717) is 27.1 Å². The number of amides is 1. The highest BCUT2D eigenvalue weighted by atomic mass is 32.1. The van der Waals surface area contributed by atoms with Crippen LogP contribution in [0.1, 0.15) is 48.5 Å². The van der Waals surface area contributed by atoms with E-state index in [4.69, 9.17) is 10.5 Å². The molecule has 0 bridgehead atoms. The first-order valence-electron chi connectivity index (χ1n) is 7.28. The fraction of sp³-hybridized carbons (Fsp3) is 0.467. The highest BCUT2D eigenvalue weighted by Gasteiger charge is 2.23. The van der Waals surface area contributed by atoms with Crippen molar-refractivity contribution in [2.45, 2.75) is 46.3 Å². The highest BCUT2D eigenvalue weighted by Crippen LogP contribution is 2.26. The van der Waals surface area contributed by atoms with Crippen LogP contribution in [0.2, 0.25) is 0 Å². The Morgan fingerprint density at radius 2 is 2.09 bits per heavy atom. The molecule has 8 heteroatoms. The SMILES string of the molecule is CC[C@H](C)OC(=O)[C@H](C)n1cnc2sc(C(N)=O)c(C)c2c1=O. The lowest BCUT2D eigenvalue weighted by atomic mass is 10.2. The number of aryl methyl sites for hydroxylation is 1. The summed E-state index contributed by atoms with van der Waals surface area (Å²) >= 11 is 1.07. The van der Waals surface area contributed by atoms with Crippen molar-refractivity contribution in [3.8, 4) is 0 Å². The van der Waals surface area contributed by atoms with Crippen molar-refractivity contribution in [3.63, 3.8) is 0 Å². The first-order chi connectivity index (χ1) is 10.8. The van der Waals surface area contributed by atoms with Crippen LogP contribution in [0.5, 0.6) is 0 Å². The van der Waals surface area contributed by atoms with Gasteiger partial charge < -0.3 is 10.5 Å². The standard InChI is InChI=1S/C15H19N3O4S/c1-5-7(2)22-15(21)9(4)18-6-17-13-10(14(18)20)8(3)11(23-13)12(16)19/h6-7,9H,5H2,1-4H3,(H2,16,19)/t7-,9-/m0/s1. The third kappa shape index (κ3) is 3.12. The maximum atomic E-state index is 12.7. The quantitative estimate of drug-likeness (QED) is 0.837. The van der Waals surface area contributed by atoms with Crippen LogP contribution in [-0.2, 0) is 9.53 Å². The van der Waals surface area contributed by atoms with Crippen LogP contribution >= 0.6 is 11.3 Å². The molecule has 2 atom stereocenters.